The average molecular weight is 177 g/mol. The number of ketones is 1. The van der Waals surface area contributed by atoms with Crippen molar-refractivity contribution in [3.63, 3.8) is 0 Å². The van der Waals surface area contributed by atoms with Crippen LogP contribution in [0.4, 0.5) is 0 Å². The molecule has 0 spiro atoms. The van der Waals surface area contributed by atoms with Crippen LogP contribution in [-0.4, -0.2) is 5.78 Å². The van der Waals surface area contributed by atoms with Crippen molar-refractivity contribution in [1.29, 1.82) is 0 Å². The number of hydrogen-bond acceptors (Lipinski definition) is 2. The molecule has 70 valence electrons. The molecule has 2 rings (SSSR count). The van der Waals surface area contributed by atoms with Gasteiger partial charge in [-0.05, 0) is 24.8 Å². The van der Waals surface area contributed by atoms with Gasteiger partial charge in [0.25, 0.3) is 0 Å². The van der Waals surface area contributed by atoms with Gasteiger partial charge in [0.2, 0.25) is 0 Å². The van der Waals surface area contributed by atoms with E-state index in [2.05, 4.69) is 6.07 Å². The van der Waals surface area contributed by atoms with E-state index in [0.29, 0.717) is 5.78 Å². The minimum atomic E-state index is 0. The minimum absolute atomic E-state index is 0. The average Bonchev–Trinajstić information content (AvgIpc) is 2.29. The van der Waals surface area contributed by atoms with Gasteiger partial charge in [0.05, 0.1) is 0 Å². The quantitative estimate of drug-likeness (QED) is 0.619. The van der Waals surface area contributed by atoms with Gasteiger partial charge in [0.1, 0.15) is 0 Å². The van der Waals surface area contributed by atoms with Gasteiger partial charge in [0, 0.05) is 12.0 Å². The van der Waals surface area contributed by atoms with Crippen molar-refractivity contribution >= 4 is 5.78 Å². The molecule has 1 aliphatic carbocycles. The molecule has 0 aliphatic heterocycles. The fraction of sp³-hybridized carbons (Fsp3) is 0.364. The largest absolute Gasteiger partial charge is 0.344 e. The predicted molar refractivity (Wildman–Crippen MR) is 53.3 cm³/mol. The van der Waals surface area contributed by atoms with Crippen molar-refractivity contribution in [3.8, 4) is 0 Å². The number of carbonyl (C=O) groups is 1. The summed E-state index contributed by atoms with van der Waals surface area (Å²) in [6.45, 7) is 0. The molecule has 0 amide bonds. The van der Waals surface area contributed by atoms with Crippen molar-refractivity contribution in [2.75, 3.05) is 0 Å². The Morgan fingerprint density at radius 3 is 2.54 bits per heavy atom. The van der Waals surface area contributed by atoms with Crippen LogP contribution in [0.5, 0.6) is 0 Å². The van der Waals surface area contributed by atoms with Crippen LogP contribution in [-0.2, 0) is 6.42 Å². The first kappa shape index (κ1) is 9.93. The van der Waals surface area contributed by atoms with E-state index in [9.17, 15) is 4.79 Å². The number of fused-ring (bicyclic) bond motifs is 1. The van der Waals surface area contributed by atoms with E-state index < -0.39 is 0 Å². The van der Waals surface area contributed by atoms with Crippen LogP contribution >= 0.6 is 0 Å². The molecule has 0 saturated heterocycles. The Morgan fingerprint density at radius 2 is 1.69 bits per heavy atom. The predicted octanol–water partition coefficient (Wildman–Crippen LogP) is 2.76. The molecule has 0 atom stereocenters. The second-order valence-corrected chi connectivity index (χ2v) is 3.29. The van der Waals surface area contributed by atoms with Gasteiger partial charge in [-0.15, -0.1) is 0 Å². The Hall–Kier alpha value is -1.15. The lowest BCUT2D eigenvalue weighted by atomic mass is 10.0. The molecule has 2 heteroatoms. The molecule has 0 aromatic heterocycles. The highest BCUT2D eigenvalue weighted by Gasteiger charge is 2.13. The summed E-state index contributed by atoms with van der Waals surface area (Å²) in [5.74, 6) is 0.322. The summed E-state index contributed by atoms with van der Waals surface area (Å²) in [7, 11) is 0. The summed E-state index contributed by atoms with van der Waals surface area (Å²) in [6.07, 6.45) is 4.01. The first-order valence-corrected chi connectivity index (χ1v) is 4.49. The second kappa shape index (κ2) is 4.19. The van der Waals surface area contributed by atoms with Crippen LogP contribution in [0.15, 0.2) is 24.3 Å². The Bertz CT molecular complexity index is 307. The van der Waals surface area contributed by atoms with Crippen molar-refractivity contribution in [1.82, 2.24) is 6.15 Å². The van der Waals surface area contributed by atoms with E-state index in [1.54, 1.807) is 0 Å². The highest BCUT2D eigenvalue weighted by molar-refractivity contribution is 5.97. The van der Waals surface area contributed by atoms with Gasteiger partial charge in [-0.2, -0.15) is 0 Å². The number of aryl methyl sites for hydroxylation is 1. The van der Waals surface area contributed by atoms with E-state index in [-0.39, 0.29) is 6.15 Å². The Labute approximate surface area is 78.5 Å². The number of carbonyl (C=O) groups excluding carboxylic acids is 1. The maximum Gasteiger partial charge on any atom is 0.163 e. The van der Waals surface area contributed by atoms with Gasteiger partial charge in [-0.1, -0.05) is 24.3 Å². The number of benzene rings is 1. The molecule has 3 N–H and O–H groups in total. The summed E-state index contributed by atoms with van der Waals surface area (Å²) >= 11 is 0. The smallest absolute Gasteiger partial charge is 0.163 e. The highest BCUT2D eigenvalue weighted by atomic mass is 16.1. The van der Waals surface area contributed by atoms with Gasteiger partial charge in [0.15, 0.2) is 5.78 Å². The maximum absolute atomic E-state index is 11.5. The third kappa shape index (κ3) is 1.95. The van der Waals surface area contributed by atoms with Gasteiger partial charge in [-0.25, -0.2) is 0 Å². The van der Waals surface area contributed by atoms with Gasteiger partial charge >= 0.3 is 0 Å². The lowest BCUT2D eigenvalue weighted by Crippen LogP contribution is -1.98. The Kier molecular flexibility index (Phi) is 3.20. The number of hydrogen-bond donors (Lipinski definition) is 1. The topological polar surface area (TPSA) is 52.1 Å². The SMILES string of the molecule is N.O=C1CCCCc2ccccc21. The van der Waals surface area contributed by atoms with Gasteiger partial charge < -0.3 is 6.15 Å². The first-order chi connectivity index (χ1) is 5.88. The molecule has 0 bridgehead atoms. The summed E-state index contributed by atoms with van der Waals surface area (Å²) in [5, 5.41) is 0. The summed E-state index contributed by atoms with van der Waals surface area (Å²) < 4.78 is 0. The van der Waals surface area contributed by atoms with Crippen LogP contribution in [0, 0.1) is 0 Å². The van der Waals surface area contributed by atoms with Crippen LogP contribution < -0.4 is 6.15 Å². The van der Waals surface area contributed by atoms with E-state index in [0.717, 1.165) is 31.2 Å². The Morgan fingerprint density at radius 1 is 1.00 bits per heavy atom. The summed E-state index contributed by atoms with van der Waals surface area (Å²) in [6, 6.07) is 7.97. The van der Waals surface area contributed by atoms with Crippen LogP contribution in [0.25, 0.3) is 0 Å². The van der Waals surface area contributed by atoms with Crippen LogP contribution in [0.2, 0.25) is 0 Å². The van der Waals surface area contributed by atoms with E-state index in [4.69, 9.17) is 0 Å². The molecule has 1 aromatic carbocycles. The molecule has 0 radical (unpaired) electrons. The number of rotatable bonds is 0. The van der Waals surface area contributed by atoms with E-state index >= 15 is 0 Å². The molecule has 2 nitrogen and oxygen atoms in total. The highest BCUT2D eigenvalue weighted by Crippen LogP contribution is 2.19. The zero-order valence-electron chi connectivity index (χ0n) is 7.75. The molecule has 0 heterocycles. The van der Waals surface area contributed by atoms with Gasteiger partial charge in [-0.3, -0.25) is 4.79 Å². The van der Waals surface area contributed by atoms with Crippen molar-refractivity contribution in [2.24, 2.45) is 0 Å². The van der Waals surface area contributed by atoms with Crippen LogP contribution in [0.1, 0.15) is 35.2 Å². The van der Waals surface area contributed by atoms with E-state index in [1.807, 2.05) is 18.2 Å². The standard InChI is InChI=1S/C11H12O.H3N/c12-11-8-4-2-6-9-5-1-3-7-10(9)11;/h1,3,5,7H,2,4,6,8H2;1H3. The van der Waals surface area contributed by atoms with Crippen molar-refractivity contribution in [2.45, 2.75) is 25.7 Å². The molecule has 13 heavy (non-hydrogen) atoms. The molecule has 0 unspecified atom stereocenters. The lowest BCUT2D eigenvalue weighted by Gasteiger charge is -2.01. The summed E-state index contributed by atoms with van der Waals surface area (Å²) in [5.41, 5.74) is 2.19. The molecule has 0 saturated carbocycles. The third-order valence-corrected chi connectivity index (χ3v) is 2.42. The van der Waals surface area contributed by atoms with Crippen LogP contribution in [0.3, 0.4) is 0 Å². The second-order valence-electron chi connectivity index (χ2n) is 3.29. The number of Topliss-reactive ketones (excluding diaryl/α,β-unsaturated/α-hetero) is 1. The molecule has 1 aromatic rings. The normalized spacial score (nSPS) is 15.5. The summed E-state index contributed by atoms with van der Waals surface area (Å²) in [4.78, 5) is 11.5. The fourth-order valence-corrected chi connectivity index (χ4v) is 1.75. The maximum atomic E-state index is 11.5. The monoisotopic (exact) mass is 177 g/mol. The minimum Gasteiger partial charge on any atom is -0.344 e. The first-order valence-electron chi connectivity index (χ1n) is 4.49. The molecule has 1 aliphatic rings. The zero-order valence-corrected chi connectivity index (χ0v) is 7.75. The van der Waals surface area contributed by atoms with Crippen molar-refractivity contribution < 1.29 is 4.79 Å². The molecular formula is C11H15NO. The Balaban J connectivity index is 0.000000845. The fourth-order valence-electron chi connectivity index (χ4n) is 1.75. The van der Waals surface area contributed by atoms with Crippen molar-refractivity contribution in [3.05, 3.63) is 35.4 Å². The third-order valence-electron chi connectivity index (χ3n) is 2.42. The zero-order chi connectivity index (χ0) is 8.39. The van der Waals surface area contributed by atoms with E-state index in [1.165, 1.54) is 5.56 Å². The molecular weight excluding hydrogens is 162 g/mol. The lowest BCUT2D eigenvalue weighted by molar-refractivity contribution is 0.0982. The molecule has 0 fully saturated rings.